The first-order valence-electron chi connectivity index (χ1n) is 6.94. The van der Waals surface area contributed by atoms with E-state index in [1.807, 2.05) is 6.92 Å². The van der Waals surface area contributed by atoms with Crippen LogP contribution in [0.4, 0.5) is 4.39 Å². The summed E-state index contributed by atoms with van der Waals surface area (Å²) < 4.78 is 15.8. The zero-order valence-corrected chi connectivity index (χ0v) is 12.6. The number of halogens is 2. The van der Waals surface area contributed by atoms with Gasteiger partial charge in [0.1, 0.15) is 17.2 Å². The van der Waals surface area contributed by atoms with Gasteiger partial charge in [-0.15, -0.1) is 0 Å². The summed E-state index contributed by atoms with van der Waals surface area (Å²) in [6.07, 6.45) is 2.62. The summed E-state index contributed by atoms with van der Waals surface area (Å²) in [5, 5.41) is 4.48. The third-order valence-corrected chi connectivity index (χ3v) is 3.56. The molecule has 1 aromatic carbocycles. The van der Waals surface area contributed by atoms with Crippen molar-refractivity contribution in [1.82, 2.24) is 14.6 Å². The van der Waals surface area contributed by atoms with Crippen LogP contribution in [0.5, 0.6) is 0 Å². The van der Waals surface area contributed by atoms with Crippen LogP contribution in [0.2, 0.25) is 5.02 Å². The molecule has 4 nitrogen and oxygen atoms in total. The zero-order valence-electron chi connectivity index (χ0n) is 11.9. The number of imidazole rings is 1. The number of hydrogen-bond acceptors (Lipinski definition) is 3. The Hall–Kier alpha value is -2.27. The van der Waals surface area contributed by atoms with Gasteiger partial charge in [0, 0.05) is 23.2 Å². The lowest BCUT2D eigenvalue weighted by molar-refractivity contribution is 0.0978. The van der Waals surface area contributed by atoms with E-state index in [0.29, 0.717) is 29.2 Å². The van der Waals surface area contributed by atoms with Crippen LogP contribution in [-0.4, -0.2) is 20.4 Å². The lowest BCUT2D eigenvalue weighted by Crippen LogP contribution is -2.03. The maximum Gasteiger partial charge on any atom is 0.183 e. The third-order valence-electron chi connectivity index (χ3n) is 3.32. The lowest BCUT2D eigenvalue weighted by atomic mass is 10.1. The van der Waals surface area contributed by atoms with Gasteiger partial charge in [-0.1, -0.05) is 18.5 Å². The van der Waals surface area contributed by atoms with Gasteiger partial charge in [0.05, 0.1) is 0 Å². The number of fused-ring (bicyclic) bond motifs is 1. The van der Waals surface area contributed by atoms with E-state index in [1.54, 1.807) is 30.5 Å². The molecule has 0 aliphatic rings. The van der Waals surface area contributed by atoms with Gasteiger partial charge in [-0.3, -0.25) is 4.79 Å². The highest BCUT2D eigenvalue weighted by molar-refractivity contribution is 6.30. The molecule has 0 saturated carbocycles. The molecule has 0 fully saturated rings. The number of ketones is 1. The Morgan fingerprint density at radius 1 is 1.36 bits per heavy atom. The molecule has 2 heterocycles. The molecule has 0 unspecified atom stereocenters. The van der Waals surface area contributed by atoms with Crippen molar-refractivity contribution in [2.45, 2.75) is 19.8 Å². The third kappa shape index (κ3) is 2.48. The number of benzene rings is 1. The van der Waals surface area contributed by atoms with E-state index in [1.165, 1.54) is 10.6 Å². The van der Waals surface area contributed by atoms with E-state index in [0.717, 1.165) is 0 Å². The summed E-state index contributed by atoms with van der Waals surface area (Å²) >= 11 is 5.80. The summed E-state index contributed by atoms with van der Waals surface area (Å²) in [5.74, 6) is -0.636. The van der Waals surface area contributed by atoms with E-state index in [2.05, 4.69) is 10.1 Å². The van der Waals surface area contributed by atoms with Crippen molar-refractivity contribution in [2.75, 3.05) is 0 Å². The zero-order chi connectivity index (χ0) is 15.7. The van der Waals surface area contributed by atoms with Gasteiger partial charge in [-0.2, -0.15) is 5.10 Å². The normalized spacial score (nSPS) is 11.0. The minimum Gasteiger partial charge on any atom is -0.292 e. The van der Waals surface area contributed by atoms with Gasteiger partial charge in [0.15, 0.2) is 11.4 Å². The van der Waals surface area contributed by atoms with E-state index in [-0.39, 0.29) is 17.0 Å². The Labute approximate surface area is 131 Å². The van der Waals surface area contributed by atoms with Crippen LogP contribution in [-0.2, 0) is 0 Å². The van der Waals surface area contributed by atoms with Crippen LogP contribution >= 0.6 is 11.6 Å². The van der Waals surface area contributed by atoms with E-state index >= 15 is 0 Å². The highest BCUT2D eigenvalue weighted by Gasteiger charge is 2.22. The fraction of sp³-hybridized carbons (Fsp3) is 0.188. The van der Waals surface area contributed by atoms with E-state index in [4.69, 9.17) is 11.6 Å². The number of nitrogens with zero attached hydrogens (tertiary/aromatic N) is 3. The minimum absolute atomic E-state index is 0.127. The number of carbonyl (C=O) groups is 1. The predicted octanol–water partition coefficient (Wildman–Crippen LogP) is 4.17. The van der Waals surface area contributed by atoms with E-state index in [9.17, 15) is 9.18 Å². The minimum atomic E-state index is -0.509. The average molecular weight is 318 g/mol. The van der Waals surface area contributed by atoms with Gasteiger partial charge >= 0.3 is 0 Å². The molecule has 0 aliphatic carbocycles. The summed E-state index contributed by atoms with van der Waals surface area (Å²) in [6.45, 7) is 1.91. The van der Waals surface area contributed by atoms with Crippen LogP contribution in [0.1, 0.15) is 30.3 Å². The fourth-order valence-electron chi connectivity index (χ4n) is 2.35. The molecule has 0 amide bonds. The second kappa shape index (κ2) is 5.85. The number of carbonyl (C=O) groups excluding carboxylic acids is 1. The number of aromatic nitrogens is 3. The summed E-state index contributed by atoms with van der Waals surface area (Å²) in [6, 6.07) is 7.79. The molecular weight excluding hydrogens is 305 g/mol. The second-order valence-electron chi connectivity index (χ2n) is 4.90. The van der Waals surface area contributed by atoms with Crippen LogP contribution in [0.25, 0.3) is 16.9 Å². The first kappa shape index (κ1) is 14.7. The maximum absolute atomic E-state index is 14.3. The van der Waals surface area contributed by atoms with Crippen molar-refractivity contribution in [3.8, 4) is 11.3 Å². The monoisotopic (exact) mass is 317 g/mol. The average Bonchev–Trinajstić information content (AvgIpc) is 2.87. The second-order valence-corrected chi connectivity index (χ2v) is 5.34. The van der Waals surface area contributed by atoms with E-state index < -0.39 is 5.82 Å². The molecular formula is C16H13ClFN3O. The summed E-state index contributed by atoms with van der Waals surface area (Å²) in [5.41, 5.74) is 1.37. The van der Waals surface area contributed by atoms with Crippen molar-refractivity contribution >= 4 is 23.0 Å². The Kier molecular flexibility index (Phi) is 3.90. The van der Waals surface area contributed by atoms with Crippen molar-refractivity contribution in [2.24, 2.45) is 0 Å². The highest BCUT2D eigenvalue weighted by Crippen LogP contribution is 2.29. The molecule has 112 valence electrons. The molecule has 2 aromatic heterocycles. The number of Topliss-reactive ketones (excluding diaryl/α,β-unsaturated/α-hetero) is 1. The van der Waals surface area contributed by atoms with Gasteiger partial charge in [0.2, 0.25) is 0 Å². The number of rotatable bonds is 4. The SMILES string of the molecule is CCCC(=O)c1nc2cccnn2c1-c1ccc(Cl)cc1F. The Balaban J connectivity index is 2.30. The molecule has 0 spiro atoms. The quantitative estimate of drug-likeness (QED) is 0.678. The molecule has 22 heavy (non-hydrogen) atoms. The molecule has 0 bridgehead atoms. The van der Waals surface area contributed by atoms with Crippen molar-refractivity contribution in [1.29, 1.82) is 0 Å². The molecule has 3 aromatic rings. The Morgan fingerprint density at radius 3 is 2.91 bits per heavy atom. The van der Waals surface area contributed by atoms with Crippen molar-refractivity contribution in [3.63, 3.8) is 0 Å². The lowest BCUT2D eigenvalue weighted by Gasteiger charge is -2.05. The summed E-state index contributed by atoms with van der Waals surface area (Å²) in [4.78, 5) is 16.7. The van der Waals surface area contributed by atoms with Gasteiger partial charge in [-0.05, 0) is 36.8 Å². The first-order valence-corrected chi connectivity index (χ1v) is 7.32. The topological polar surface area (TPSA) is 47.3 Å². The van der Waals surface area contributed by atoms with Crippen LogP contribution in [0.3, 0.4) is 0 Å². The Bertz CT molecular complexity index is 860. The Morgan fingerprint density at radius 2 is 2.18 bits per heavy atom. The van der Waals surface area contributed by atoms with Gasteiger partial charge in [0.25, 0.3) is 0 Å². The molecule has 0 saturated heterocycles. The molecule has 0 atom stereocenters. The molecule has 0 aliphatic heterocycles. The molecule has 0 radical (unpaired) electrons. The molecule has 6 heteroatoms. The van der Waals surface area contributed by atoms with Crippen LogP contribution < -0.4 is 0 Å². The van der Waals surface area contributed by atoms with Gasteiger partial charge in [-0.25, -0.2) is 13.9 Å². The van der Waals surface area contributed by atoms with Crippen molar-refractivity contribution < 1.29 is 9.18 Å². The van der Waals surface area contributed by atoms with Crippen molar-refractivity contribution in [3.05, 3.63) is 53.1 Å². The number of hydrogen-bond donors (Lipinski definition) is 0. The highest BCUT2D eigenvalue weighted by atomic mass is 35.5. The van der Waals surface area contributed by atoms with Crippen LogP contribution in [0.15, 0.2) is 36.5 Å². The predicted molar refractivity (Wildman–Crippen MR) is 82.6 cm³/mol. The first-order chi connectivity index (χ1) is 10.6. The smallest absolute Gasteiger partial charge is 0.183 e. The molecule has 3 rings (SSSR count). The fourth-order valence-corrected chi connectivity index (χ4v) is 2.51. The summed E-state index contributed by atoms with van der Waals surface area (Å²) in [7, 11) is 0. The van der Waals surface area contributed by atoms with Gasteiger partial charge < -0.3 is 0 Å². The maximum atomic E-state index is 14.3. The van der Waals surface area contributed by atoms with Crippen LogP contribution in [0, 0.1) is 5.82 Å². The standard InChI is InChI=1S/C16H13ClFN3O/c1-2-4-13(22)15-16(11-7-6-10(17)9-12(11)18)21-14(20-15)5-3-8-19-21/h3,5-9H,2,4H2,1H3. The largest absolute Gasteiger partial charge is 0.292 e. The molecule has 0 N–H and O–H groups in total.